The zero-order valence-corrected chi connectivity index (χ0v) is 16.4. The summed E-state index contributed by atoms with van der Waals surface area (Å²) in [6.07, 6.45) is 1.37. The van der Waals surface area contributed by atoms with Crippen molar-refractivity contribution in [3.05, 3.63) is 99.9 Å². The van der Waals surface area contributed by atoms with Crippen LogP contribution in [0.4, 0.5) is 10.1 Å². The first kappa shape index (κ1) is 22.1. The van der Waals surface area contributed by atoms with Crippen molar-refractivity contribution in [2.75, 3.05) is 6.61 Å². The van der Waals surface area contributed by atoms with Gasteiger partial charge in [0.1, 0.15) is 17.3 Å². The van der Waals surface area contributed by atoms with E-state index in [4.69, 9.17) is 9.47 Å². The van der Waals surface area contributed by atoms with E-state index in [1.165, 1.54) is 66.9 Å². The first-order valence-electron chi connectivity index (χ1n) is 9.18. The SMILES string of the molecule is O=C(COc1ccc([N+](=O)[O-])cc1)NN=Cc1ccc(OC(=O)c2ccccc2F)cc1. The number of nitrogens with zero attached hydrogens (tertiary/aromatic N) is 2. The van der Waals surface area contributed by atoms with Gasteiger partial charge < -0.3 is 9.47 Å². The Morgan fingerprint density at radius 2 is 1.66 bits per heavy atom. The summed E-state index contributed by atoms with van der Waals surface area (Å²) in [6, 6.07) is 17.0. The van der Waals surface area contributed by atoms with Crippen molar-refractivity contribution in [2.24, 2.45) is 5.10 Å². The summed E-state index contributed by atoms with van der Waals surface area (Å²) in [4.78, 5) is 33.8. The second-order valence-corrected chi connectivity index (χ2v) is 6.27. The highest BCUT2D eigenvalue weighted by Crippen LogP contribution is 2.17. The second kappa shape index (κ2) is 10.4. The number of carbonyl (C=O) groups is 2. The molecular formula is C22H16FN3O6. The molecule has 0 aliphatic carbocycles. The number of hydrogen-bond acceptors (Lipinski definition) is 7. The van der Waals surface area contributed by atoms with E-state index in [0.717, 1.165) is 0 Å². The first-order valence-corrected chi connectivity index (χ1v) is 9.18. The lowest BCUT2D eigenvalue weighted by molar-refractivity contribution is -0.384. The minimum Gasteiger partial charge on any atom is -0.484 e. The Hall–Kier alpha value is -4.60. The average molecular weight is 437 g/mol. The highest BCUT2D eigenvalue weighted by atomic mass is 19.1. The molecule has 3 rings (SSSR count). The number of hydrazone groups is 1. The maximum absolute atomic E-state index is 13.6. The van der Waals surface area contributed by atoms with Crippen molar-refractivity contribution in [3.63, 3.8) is 0 Å². The number of amides is 1. The number of halogens is 1. The number of nitrogens with one attached hydrogen (secondary N) is 1. The number of non-ortho nitro benzene ring substituents is 1. The van der Waals surface area contributed by atoms with Gasteiger partial charge in [0.15, 0.2) is 6.61 Å². The van der Waals surface area contributed by atoms with Crippen LogP contribution in [-0.4, -0.2) is 29.6 Å². The Morgan fingerprint density at radius 3 is 2.31 bits per heavy atom. The van der Waals surface area contributed by atoms with Gasteiger partial charge >= 0.3 is 5.97 Å². The molecule has 3 aromatic carbocycles. The molecular weight excluding hydrogens is 421 g/mol. The van der Waals surface area contributed by atoms with Crippen LogP contribution < -0.4 is 14.9 Å². The van der Waals surface area contributed by atoms with E-state index in [9.17, 15) is 24.1 Å². The van der Waals surface area contributed by atoms with E-state index in [-0.39, 0.29) is 23.6 Å². The van der Waals surface area contributed by atoms with Crippen molar-refractivity contribution >= 4 is 23.8 Å². The van der Waals surface area contributed by atoms with Crippen molar-refractivity contribution in [3.8, 4) is 11.5 Å². The molecule has 0 unspecified atom stereocenters. The van der Waals surface area contributed by atoms with E-state index < -0.39 is 22.6 Å². The standard InChI is InChI=1S/C22H16FN3O6/c23-20-4-2-1-3-19(20)22(28)32-18-9-5-15(6-10-18)13-24-25-21(27)14-31-17-11-7-16(8-12-17)26(29)30/h1-13H,14H2,(H,25,27). The number of esters is 1. The van der Waals surface area contributed by atoms with E-state index >= 15 is 0 Å². The fourth-order valence-electron chi connectivity index (χ4n) is 2.43. The highest BCUT2D eigenvalue weighted by molar-refractivity contribution is 5.91. The normalized spacial score (nSPS) is 10.5. The number of nitro benzene ring substituents is 1. The van der Waals surface area contributed by atoms with Crippen LogP contribution in [0.3, 0.4) is 0 Å². The molecule has 0 heterocycles. The topological polar surface area (TPSA) is 120 Å². The predicted octanol–water partition coefficient (Wildman–Crippen LogP) is 3.48. The van der Waals surface area contributed by atoms with Gasteiger partial charge in [0, 0.05) is 12.1 Å². The molecule has 0 radical (unpaired) electrons. The van der Waals surface area contributed by atoms with Gasteiger partial charge in [-0.15, -0.1) is 0 Å². The van der Waals surface area contributed by atoms with Gasteiger partial charge in [-0.05, 0) is 54.1 Å². The van der Waals surface area contributed by atoms with Gasteiger partial charge in [0.05, 0.1) is 16.7 Å². The monoisotopic (exact) mass is 437 g/mol. The van der Waals surface area contributed by atoms with Crippen LogP contribution in [-0.2, 0) is 4.79 Å². The van der Waals surface area contributed by atoms with Crippen molar-refractivity contribution in [1.82, 2.24) is 5.43 Å². The Kier molecular flexibility index (Phi) is 7.20. The van der Waals surface area contributed by atoms with Crippen LogP contribution in [0.25, 0.3) is 0 Å². The maximum Gasteiger partial charge on any atom is 0.346 e. The minimum absolute atomic E-state index is 0.0839. The predicted molar refractivity (Wildman–Crippen MR) is 112 cm³/mol. The Bertz CT molecular complexity index is 1150. The molecule has 0 bridgehead atoms. The van der Waals surface area contributed by atoms with Crippen LogP contribution >= 0.6 is 0 Å². The lowest BCUT2D eigenvalue weighted by Gasteiger charge is -2.05. The lowest BCUT2D eigenvalue weighted by Crippen LogP contribution is -2.24. The summed E-state index contributed by atoms with van der Waals surface area (Å²) in [7, 11) is 0. The summed E-state index contributed by atoms with van der Waals surface area (Å²) in [5.74, 6) is -1.50. The molecule has 0 saturated carbocycles. The fraction of sp³-hybridized carbons (Fsp3) is 0.0455. The van der Waals surface area contributed by atoms with Gasteiger partial charge in [-0.2, -0.15) is 5.10 Å². The van der Waals surface area contributed by atoms with Crippen molar-refractivity contribution < 1.29 is 28.4 Å². The minimum atomic E-state index is -0.815. The van der Waals surface area contributed by atoms with Gasteiger partial charge in [-0.3, -0.25) is 14.9 Å². The Morgan fingerprint density at radius 1 is 1.00 bits per heavy atom. The third-order valence-corrected chi connectivity index (χ3v) is 4.00. The summed E-state index contributed by atoms with van der Waals surface area (Å²) in [5, 5.41) is 14.4. The largest absolute Gasteiger partial charge is 0.484 e. The zero-order valence-electron chi connectivity index (χ0n) is 16.4. The molecule has 10 heteroatoms. The summed E-state index contributed by atoms with van der Waals surface area (Å²) in [6.45, 7) is -0.333. The molecule has 0 saturated heterocycles. The van der Waals surface area contributed by atoms with Crippen molar-refractivity contribution in [1.29, 1.82) is 0 Å². The van der Waals surface area contributed by atoms with Crippen molar-refractivity contribution in [2.45, 2.75) is 0 Å². The zero-order chi connectivity index (χ0) is 22.9. The summed E-state index contributed by atoms with van der Waals surface area (Å²) in [5.41, 5.74) is 2.63. The molecule has 0 spiro atoms. The Balaban J connectivity index is 1.46. The third-order valence-electron chi connectivity index (χ3n) is 4.00. The molecule has 0 aliphatic heterocycles. The van der Waals surface area contributed by atoms with Gasteiger partial charge in [-0.1, -0.05) is 12.1 Å². The molecule has 0 aromatic heterocycles. The van der Waals surface area contributed by atoms with Gasteiger partial charge in [0.25, 0.3) is 11.6 Å². The second-order valence-electron chi connectivity index (χ2n) is 6.27. The van der Waals surface area contributed by atoms with Gasteiger partial charge in [0.2, 0.25) is 0 Å². The lowest BCUT2D eigenvalue weighted by atomic mass is 10.2. The number of nitro groups is 1. The molecule has 162 valence electrons. The summed E-state index contributed by atoms with van der Waals surface area (Å²) >= 11 is 0. The number of hydrogen-bond donors (Lipinski definition) is 1. The van der Waals surface area contributed by atoms with E-state index in [2.05, 4.69) is 10.5 Å². The number of ether oxygens (including phenoxy) is 2. The van der Waals surface area contributed by atoms with Crippen LogP contribution in [0.1, 0.15) is 15.9 Å². The van der Waals surface area contributed by atoms with Gasteiger partial charge in [-0.25, -0.2) is 14.6 Å². The number of rotatable bonds is 8. The maximum atomic E-state index is 13.6. The molecule has 9 nitrogen and oxygen atoms in total. The quantitative estimate of drug-likeness (QED) is 0.189. The smallest absolute Gasteiger partial charge is 0.346 e. The molecule has 1 N–H and O–H groups in total. The van der Waals surface area contributed by atoms with Crippen LogP contribution in [0.5, 0.6) is 11.5 Å². The average Bonchev–Trinajstić information content (AvgIpc) is 2.79. The van der Waals surface area contributed by atoms with E-state index in [1.807, 2.05) is 0 Å². The summed E-state index contributed by atoms with van der Waals surface area (Å²) < 4.78 is 24.0. The fourth-order valence-corrected chi connectivity index (χ4v) is 2.43. The van der Waals surface area contributed by atoms with Crippen LogP contribution in [0, 0.1) is 15.9 Å². The molecule has 0 aliphatic rings. The highest BCUT2D eigenvalue weighted by Gasteiger charge is 2.13. The van der Waals surface area contributed by atoms with Crippen LogP contribution in [0.15, 0.2) is 77.9 Å². The van der Waals surface area contributed by atoms with E-state index in [0.29, 0.717) is 11.3 Å². The first-order chi connectivity index (χ1) is 15.4. The number of carbonyl (C=O) groups excluding carboxylic acids is 2. The third kappa shape index (κ3) is 6.20. The number of benzene rings is 3. The van der Waals surface area contributed by atoms with Crippen LogP contribution in [0.2, 0.25) is 0 Å². The molecule has 0 atom stereocenters. The Labute approximate surface area is 181 Å². The molecule has 3 aromatic rings. The molecule has 1 amide bonds. The molecule has 32 heavy (non-hydrogen) atoms. The molecule has 0 fully saturated rings. The van der Waals surface area contributed by atoms with E-state index in [1.54, 1.807) is 12.1 Å².